The summed E-state index contributed by atoms with van der Waals surface area (Å²) in [6.45, 7) is 1.95. The van der Waals surface area contributed by atoms with E-state index in [9.17, 15) is 4.79 Å². The molecule has 0 aliphatic heterocycles. The van der Waals surface area contributed by atoms with Crippen molar-refractivity contribution in [2.24, 2.45) is 0 Å². The zero-order chi connectivity index (χ0) is 10.0. The van der Waals surface area contributed by atoms with Gasteiger partial charge in [-0.15, -0.1) is 0 Å². The van der Waals surface area contributed by atoms with Crippen molar-refractivity contribution in [3.63, 3.8) is 0 Å². The topological polar surface area (TPSA) is 26.3 Å². The molecular formula is C9H8Br2O2. The molecule has 70 valence electrons. The molecule has 0 aliphatic rings. The fourth-order valence-electron chi connectivity index (χ4n) is 0.913. The maximum absolute atomic E-state index is 11.2. The third kappa shape index (κ3) is 2.31. The number of ether oxygens (including phenoxy) is 1. The molecule has 0 aliphatic carbocycles. The lowest BCUT2D eigenvalue weighted by atomic mass is 10.1. The first kappa shape index (κ1) is 10.7. The van der Waals surface area contributed by atoms with Gasteiger partial charge in [0.1, 0.15) is 0 Å². The van der Waals surface area contributed by atoms with Crippen molar-refractivity contribution in [3.05, 3.63) is 32.2 Å². The van der Waals surface area contributed by atoms with E-state index in [0.29, 0.717) is 5.56 Å². The van der Waals surface area contributed by atoms with Gasteiger partial charge in [0, 0.05) is 8.95 Å². The second-order valence-electron chi connectivity index (χ2n) is 2.57. The average molecular weight is 308 g/mol. The average Bonchev–Trinajstić information content (AvgIpc) is 2.10. The van der Waals surface area contributed by atoms with Gasteiger partial charge in [-0.2, -0.15) is 0 Å². The lowest BCUT2D eigenvalue weighted by molar-refractivity contribution is 0.0599. The SMILES string of the molecule is COC(=O)c1cc(Br)c(C)cc1Br. The number of rotatable bonds is 1. The Bertz CT molecular complexity index is 348. The van der Waals surface area contributed by atoms with Gasteiger partial charge < -0.3 is 4.74 Å². The molecule has 2 nitrogen and oxygen atoms in total. The number of carbonyl (C=O) groups excluding carboxylic acids is 1. The van der Waals surface area contributed by atoms with Crippen molar-refractivity contribution in [2.45, 2.75) is 6.92 Å². The van der Waals surface area contributed by atoms with Gasteiger partial charge in [0.2, 0.25) is 0 Å². The molecular weight excluding hydrogens is 300 g/mol. The molecule has 1 aromatic carbocycles. The second kappa shape index (κ2) is 4.24. The molecule has 1 aromatic rings. The molecule has 0 spiro atoms. The molecule has 1 rings (SSSR count). The Labute approximate surface area is 93.5 Å². The zero-order valence-corrected chi connectivity index (χ0v) is 10.4. The summed E-state index contributed by atoms with van der Waals surface area (Å²) in [5.41, 5.74) is 1.60. The summed E-state index contributed by atoms with van der Waals surface area (Å²) in [7, 11) is 1.36. The highest BCUT2D eigenvalue weighted by molar-refractivity contribution is 9.11. The van der Waals surface area contributed by atoms with Crippen LogP contribution >= 0.6 is 31.9 Å². The number of hydrogen-bond acceptors (Lipinski definition) is 2. The minimum Gasteiger partial charge on any atom is -0.465 e. The molecule has 0 radical (unpaired) electrons. The van der Waals surface area contributed by atoms with Crippen molar-refractivity contribution in [3.8, 4) is 0 Å². The van der Waals surface area contributed by atoms with Gasteiger partial charge in [0.15, 0.2) is 0 Å². The normalized spacial score (nSPS) is 9.85. The van der Waals surface area contributed by atoms with Crippen LogP contribution in [-0.4, -0.2) is 13.1 Å². The highest BCUT2D eigenvalue weighted by Gasteiger charge is 2.11. The van der Waals surface area contributed by atoms with E-state index >= 15 is 0 Å². The summed E-state index contributed by atoms with van der Waals surface area (Å²) in [6.07, 6.45) is 0. The molecule has 0 bridgehead atoms. The molecule has 0 fully saturated rings. The molecule has 0 atom stereocenters. The Hall–Kier alpha value is -0.350. The summed E-state index contributed by atoms with van der Waals surface area (Å²) >= 11 is 6.65. The smallest absolute Gasteiger partial charge is 0.339 e. The first-order chi connectivity index (χ1) is 6.06. The van der Waals surface area contributed by atoms with Crippen molar-refractivity contribution in [2.75, 3.05) is 7.11 Å². The van der Waals surface area contributed by atoms with Gasteiger partial charge in [0.05, 0.1) is 12.7 Å². The largest absolute Gasteiger partial charge is 0.465 e. The summed E-state index contributed by atoms with van der Waals surface area (Å²) < 4.78 is 6.27. The molecule has 0 saturated heterocycles. The predicted octanol–water partition coefficient (Wildman–Crippen LogP) is 3.31. The van der Waals surface area contributed by atoms with Crippen LogP contribution in [0.25, 0.3) is 0 Å². The highest BCUT2D eigenvalue weighted by atomic mass is 79.9. The summed E-state index contributed by atoms with van der Waals surface area (Å²) in [5.74, 6) is -0.340. The van der Waals surface area contributed by atoms with Crippen LogP contribution in [0.1, 0.15) is 15.9 Å². The second-order valence-corrected chi connectivity index (χ2v) is 4.28. The van der Waals surface area contributed by atoms with Crippen LogP contribution in [0, 0.1) is 6.92 Å². The monoisotopic (exact) mass is 306 g/mol. The maximum Gasteiger partial charge on any atom is 0.339 e. The third-order valence-electron chi connectivity index (χ3n) is 1.65. The van der Waals surface area contributed by atoms with Crippen LogP contribution < -0.4 is 0 Å². The number of halogens is 2. The molecule has 4 heteroatoms. The zero-order valence-electron chi connectivity index (χ0n) is 7.23. The van der Waals surface area contributed by atoms with Crippen LogP contribution in [0.15, 0.2) is 21.1 Å². The lowest BCUT2D eigenvalue weighted by Crippen LogP contribution is -2.02. The van der Waals surface area contributed by atoms with Crippen LogP contribution in [0.4, 0.5) is 0 Å². The van der Waals surface area contributed by atoms with Gasteiger partial charge in [0.25, 0.3) is 0 Å². The predicted molar refractivity (Wildman–Crippen MR) is 57.9 cm³/mol. The van der Waals surface area contributed by atoms with Crippen LogP contribution in [0.3, 0.4) is 0 Å². The van der Waals surface area contributed by atoms with Crippen LogP contribution in [0.5, 0.6) is 0 Å². The number of esters is 1. The first-order valence-corrected chi connectivity index (χ1v) is 5.19. The van der Waals surface area contributed by atoms with Crippen LogP contribution in [-0.2, 0) is 4.74 Å². The molecule has 0 saturated carbocycles. The quantitative estimate of drug-likeness (QED) is 0.744. The number of methoxy groups -OCH3 is 1. The molecule has 13 heavy (non-hydrogen) atoms. The van der Waals surface area contributed by atoms with E-state index in [1.807, 2.05) is 13.0 Å². The summed E-state index contributed by atoms with van der Waals surface area (Å²) in [4.78, 5) is 11.2. The van der Waals surface area contributed by atoms with Crippen LogP contribution in [0.2, 0.25) is 0 Å². The Balaban J connectivity index is 3.23. The van der Waals surface area contributed by atoms with Crippen molar-refractivity contribution in [1.29, 1.82) is 0 Å². The van der Waals surface area contributed by atoms with E-state index in [4.69, 9.17) is 0 Å². The number of benzene rings is 1. The number of hydrogen-bond donors (Lipinski definition) is 0. The van der Waals surface area contributed by atoms with Gasteiger partial charge in [-0.05, 0) is 40.5 Å². The maximum atomic E-state index is 11.2. The summed E-state index contributed by atoms with van der Waals surface area (Å²) in [5, 5.41) is 0. The Morgan fingerprint density at radius 3 is 2.46 bits per heavy atom. The fraction of sp³-hybridized carbons (Fsp3) is 0.222. The van der Waals surface area contributed by atoms with Gasteiger partial charge in [-0.25, -0.2) is 4.79 Å². The summed E-state index contributed by atoms with van der Waals surface area (Å²) in [6, 6.07) is 3.61. The number of carbonyl (C=O) groups is 1. The Morgan fingerprint density at radius 1 is 1.31 bits per heavy atom. The Morgan fingerprint density at radius 2 is 1.92 bits per heavy atom. The van der Waals surface area contributed by atoms with E-state index in [-0.39, 0.29) is 5.97 Å². The van der Waals surface area contributed by atoms with Gasteiger partial charge in [-0.3, -0.25) is 0 Å². The fourth-order valence-corrected chi connectivity index (χ4v) is 1.88. The van der Waals surface area contributed by atoms with E-state index in [0.717, 1.165) is 14.5 Å². The highest BCUT2D eigenvalue weighted by Crippen LogP contribution is 2.25. The van der Waals surface area contributed by atoms with Gasteiger partial charge in [-0.1, -0.05) is 15.9 Å². The van der Waals surface area contributed by atoms with Crippen molar-refractivity contribution >= 4 is 37.8 Å². The third-order valence-corrected chi connectivity index (χ3v) is 3.16. The van der Waals surface area contributed by atoms with E-state index in [1.165, 1.54) is 7.11 Å². The van der Waals surface area contributed by atoms with Crippen molar-refractivity contribution < 1.29 is 9.53 Å². The molecule has 0 heterocycles. The molecule has 0 N–H and O–H groups in total. The van der Waals surface area contributed by atoms with Crippen molar-refractivity contribution in [1.82, 2.24) is 0 Å². The van der Waals surface area contributed by atoms with E-state index < -0.39 is 0 Å². The standard InChI is InChI=1S/C9H8Br2O2/c1-5-3-8(11)6(4-7(5)10)9(12)13-2/h3-4H,1-2H3. The van der Waals surface area contributed by atoms with E-state index in [1.54, 1.807) is 6.07 Å². The molecule has 0 aromatic heterocycles. The minimum atomic E-state index is -0.340. The van der Waals surface area contributed by atoms with Gasteiger partial charge >= 0.3 is 5.97 Å². The molecule has 0 amide bonds. The molecule has 0 unspecified atom stereocenters. The minimum absolute atomic E-state index is 0.340. The first-order valence-electron chi connectivity index (χ1n) is 3.60. The van der Waals surface area contributed by atoms with E-state index in [2.05, 4.69) is 36.6 Å². The Kier molecular flexibility index (Phi) is 3.50. The lowest BCUT2D eigenvalue weighted by Gasteiger charge is -2.05. The number of aryl methyl sites for hydroxylation is 1.